The highest BCUT2D eigenvalue weighted by Crippen LogP contribution is 2.33. The van der Waals surface area contributed by atoms with Crippen LogP contribution in [-0.4, -0.2) is 55.6 Å². The molecule has 0 radical (unpaired) electrons. The summed E-state index contributed by atoms with van der Waals surface area (Å²) in [5, 5.41) is 0. The summed E-state index contributed by atoms with van der Waals surface area (Å²) in [5.41, 5.74) is 1.22. The lowest BCUT2D eigenvalue weighted by atomic mass is 10.1. The van der Waals surface area contributed by atoms with E-state index in [4.69, 9.17) is 9.47 Å². The molecule has 6 heteroatoms. The number of methoxy groups -OCH3 is 2. The van der Waals surface area contributed by atoms with E-state index in [9.17, 15) is 4.79 Å². The molecule has 5 nitrogen and oxygen atoms in total. The molecule has 1 aliphatic heterocycles. The van der Waals surface area contributed by atoms with Crippen molar-refractivity contribution in [2.24, 2.45) is 0 Å². The smallest absolute Gasteiger partial charge is 0.246 e. The Balaban J connectivity index is 2.10. The average Bonchev–Trinajstić information content (AvgIpc) is 3.09. The molecule has 0 saturated carbocycles. The standard InChI is InChI=1S/C20H29IN2O3/c1-5-22(6-2)20(24)10-9-16-8-7-11-23(16)14-15-12-18(25-3)19(26-4)13-17(15)21/h9-10,12-13,16H,5-8,11,14H2,1-4H3/b10-9+/t16-/m0/s1. The third kappa shape index (κ3) is 5.13. The lowest BCUT2D eigenvalue weighted by Crippen LogP contribution is -2.30. The molecule has 144 valence electrons. The van der Waals surface area contributed by atoms with E-state index in [-0.39, 0.29) is 5.91 Å². The first kappa shape index (κ1) is 21.0. The second-order valence-corrected chi connectivity index (χ2v) is 7.51. The van der Waals surface area contributed by atoms with Crippen molar-refractivity contribution in [2.75, 3.05) is 33.9 Å². The number of hydrogen-bond acceptors (Lipinski definition) is 4. The molecule has 0 unspecified atom stereocenters. The zero-order valence-corrected chi connectivity index (χ0v) is 18.3. The van der Waals surface area contributed by atoms with E-state index in [2.05, 4.69) is 39.6 Å². The van der Waals surface area contributed by atoms with Gasteiger partial charge in [-0.3, -0.25) is 9.69 Å². The number of hydrogen-bond donors (Lipinski definition) is 0. The largest absolute Gasteiger partial charge is 0.493 e. The monoisotopic (exact) mass is 472 g/mol. The lowest BCUT2D eigenvalue weighted by molar-refractivity contribution is -0.125. The zero-order valence-electron chi connectivity index (χ0n) is 16.1. The number of likely N-dealkylation sites (tertiary alicyclic amines) is 1. The van der Waals surface area contributed by atoms with Crippen LogP contribution in [-0.2, 0) is 11.3 Å². The summed E-state index contributed by atoms with van der Waals surface area (Å²) < 4.78 is 12.0. The molecule has 1 saturated heterocycles. The number of amides is 1. The first-order valence-electron chi connectivity index (χ1n) is 9.15. The van der Waals surface area contributed by atoms with Gasteiger partial charge in [0.15, 0.2) is 11.5 Å². The highest BCUT2D eigenvalue weighted by molar-refractivity contribution is 14.1. The zero-order chi connectivity index (χ0) is 19.1. The maximum absolute atomic E-state index is 12.2. The normalized spacial score (nSPS) is 17.7. The third-order valence-corrected chi connectivity index (χ3v) is 5.88. The van der Waals surface area contributed by atoms with Gasteiger partial charge in [-0.05, 0) is 73.5 Å². The van der Waals surface area contributed by atoms with Crippen LogP contribution in [0.5, 0.6) is 11.5 Å². The molecule has 26 heavy (non-hydrogen) atoms. The summed E-state index contributed by atoms with van der Waals surface area (Å²) in [6.45, 7) is 7.40. The van der Waals surface area contributed by atoms with Crippen molar-refractivity contribution < 1.29 is 14.3 Å². The minimum absolute atomic E-state index is 0.0996. The molecule has 1 amide bonds. The number of ether oxygens (including phenoxy) is 2. The van der Waals surface area contributed by atoms with Gasteiger partial charge in [0.2, 0.25) is 5.91 Å². The summed E-state index contributed by atoms with van der Waals surface area (Å²) in [6, 6.07) is 4.37. The first-order chi connectivity index (χ1) is 12.5. The SMILES string of the molecule is CCN(CC)C(=O)/C=C/[C@@H]1CCCN1Cc1cc(OC)c(OC)cc1I. The molecule has 1 aliphatic rings. The van der Waals surface area contributed by atoms with Gasteiger partial charge in [0.1, 0.15) is 0 Å². The fraction of sp³-hybridized carbons (Fsp3) is 0.550. The molecular weight excluding hydrogens is 443 g/mol. The van der Waals surface area contributed by atoms with E-state index in [1.165, 1.54) is 5.56 Å². The van der Waals surface area contributed by atoms with E-state index >= 15 is 0 Å². The highest BCUT2D eigenvalue weighted by Gasteiger charge is 2.24. The van der Waals surface area contributed by atoms with Crippen molar-refractivity contribution in [1.82, 2.24) is 9.80 Å². The molecule has 1 atom stereocenters. The van der Waals surface area contributed by atoms with Gasteiger partial charge in [-0.1, -0.05) is 6.08 Å². The van der Waals surface area contributed by atoms with Crippen LogP contribution in [0.4, 0.5) is 0 Å². The Hall–Kier alpha value is -1.28. The van der Waals surface area contributed by atoms with Gasteiger partial charge in [0, 0.05) is 35.3 Å². The molecule has 1 heterocycles. The number of nitrogens with zero attached hydrogens (tertiary/aromatic N) is 2. The fourth-order valence-corrected chi connectivity index (χ4v) is 3.95. The quantitative estimate of drug-likeness (QED) is 0.428. The number of rotatable bonds is 8. The molecule has 1 aromatic carbocycles. The lowest BCUT2D eigenvalue weighted by Gasteiger charge is -2.23. The van der Waals surface area contributed by atoms with E-state index in [1.54, 1.807) is 20.3 Å². The second-order valence-electron chi connectivity index (χ2n) is 6.35. The van der Waals surface area contributed by atoms with E-state index in [0.717, 1.165) is 54.1 Å². The van der Waals surface area contributed by atoms with Crippen LogP contribution >= 0.6 is 22.6 Å². The Bertz CT molecular complexity index is 644. The van der Waals surface area contributed by atoms with Crippen molar-refractivity contribution in [3.63, 3.8) is 0 Å². The van der Waals surface area contributed by atoms with Gasteiger partial charge in [-0.25, -0.2) is 0 Å². The molecule has 0 aromatic heterocycles. The Morgan fingerprint density at radius 1 is 1.27 bits per heavy atom. The van der Waals surface area contributed by atoms with Crippen molar-refractivity contribution in [1.29, 1.82) is 0 Å². The number of carbonyl (C=O) groups excluding carboxylic acids is 1. The minimum Gasteiger partial charge on any atom is -0.493 e. The van der Waals surface area contributed by atoms with E-state index < -0.39 is 0 Å². The van der Waals surface area contributed by atoms with Crippen LogP contribution in [0.1, 0.15) is 32.3 Å². The van der Waals surface area contributed by atoms with Gasteiger partial charge in [0.05, 0.1) is 14.2 Å². The Morgan fingerprint density at radius 2 is 1.92 bits per heavy atom. The highest BCUT2D eigenvalue weighted by atomic mass is 127. The second kappa shape index (κ2) is 10.2. The summed E-state index contributed by atoms with van der Waals surface area (Å²) in [6.07, 6.45) is 6.06. The topological polar surface area (TPSA) is 42.0 Å². The summed E-state index contributed by atoms with van der Waals surface area (Å²) in [5.74, 6) is 1.61. The number of halogens is 1. The Kier molecular flexibility index (Phi) is 8.21. The third-order valence-electron chi connectivity index (χ3n) is 4.88. The van der Waals surface area contributed by atoms with Gasteiger partial charge in [-0.2, -0.15) is 0 Å². The van der Waals surface area contributed by atoms with Crippen molar-refractivity contribution in [2.45, 2.75) is 39.3 Å². The molecule has 0 bridgehead atoms. The number of likely N-dealkylation sites (N-methyl/N-ethyl adjacent to an activating group) is 1. The van der Waals surface area contributed by atoms with Gasteiger partial charge >= 0.3 is 0 Å². The van der Waals surface area contributed by atoms with Crippen LogP contribution in [0.15, 0.2) is 24.3 Å². The number of carbonyl (C=O) groups is 1. The summed E-state index contributed by atoms with van der Waals surface area (Å²) in [4.78, 5) is 16.5. The fourth-order valence-electron chi connectivity index (χ4n) is 3.34. The Labute approximate surface area is 170 Å². The molecule has 2 rings (SSSR count). The Morgan fingerprint density at radius 3 is 2.54 bits per heavy atom. The van der Waals surface area contributed by atoms with Crippen LogP contribution in [0.2, 0.25) is 0 Å². The molecule has 0 N–H and O–H groups in total. The van der Waals surface area contributed by atoms with Crippen LogP contribution in [0.3, 0.4) is 0 Å². The van der Waals surface area contributed by atoms with Gasteiger partial charge in [-0.15, -0.1) is 0 Å². The van der Waals surface area contributed by atoms with Gasteiger partial charge < -0.3 is 14.4 Å². The van der Waals surface area contributed by atoms with E-state index in [0.29, 0.717) is 6.04 Å². The summed E-state index contributed by atoms with van der Waals surface area (Å²) >= 11 is 2.35. The van der Waals surface area contributed by atoms with Crippen molar-refractivity contribution in [3.8, 4) is 11.5 Å². The maximum Gasteiger partial charge on any atom is 0.246 e. The molecule has 0 aliphatic carbocycles. The van der Waals surface area contributed by atoms with Crippen LogP contribution in [0, 0.1) is 3.57 Å². The molecule has 1 fully saturated rings. The van der Waals surface area contributed by atoms with Crippen molar-refractivity contribution in [3.05, 3.63) is 33.4 Å². The van der Waals surface area contributed by atoms with Crippen molar-refractivity contribution >= 4 is 28.5 Å². The number of benzene rings is 1. The summed E-state index contributed by atoms with van der Waals surface area (Å²) in [7, 11) is 3.32. The maximum atomic E-state index is 12.2. The predicted octanol–water partition coefficient (Wildman–Crippen LogP) is 3.70. The predicted molar refractivity (Wildman–Crippen MR) is 113 cm³/mol. The van der Waals surface area contributed by atoms with E-state index in [1.807, 2.05) is 24.8 Å². The molecular formula is C20H29IN2O3. The minimum atomic E-state index is 0.0996. The molecule has 1 aromatic rings. The molecule has 0 spiro atoms. The van der Waals surface area contributed by atoms with Gasteiger partial charge in [0.25, 0.3) is 0 Å². The van der Waals surface area contributed by atoms with Crippen LogP contribution in [0.25, 0.3) is 0 Å². The van der Waals surface area contributed by atoms with Crippen LogP contribution < -0.4 is 9.47 Å². The first-order valence-corrected chi connectivity index (χ1v) is 10.2. The average molecular weight is 472 g/mol.